The van der Waals surface area contributed by atoms with Crippen molar-refractivity contribution in [1.82, 2.24) is 4.90 Å². The van der Waals surface area contributed by atoms with Gasteiger partial charge in [-0.2, -0.15) is 0 Å². The van der Waals surface area contributed by atoms with Crippen molar-refractivity contribution in [3.8, 4) is 0 Å². The zero-order valence-electron chi connectivity index (χ0n) is 10.5. The molecule has 0 fully saturated rings. The van der Waals surface area contributed by atoms with Gasteiger partial charge in [0.15, 0.2) is 0 Å². The third-order valence-electron chi connectivity index (χ3n) is 2.66. The van der Waals surface area contributed by atoms with Crippen LogP contribution in [0.25, 0.3) is 0 Å². The maximum absolute atomic E-state index is 11.9. The van der Waals surface area contributed by atoms with Gasteiger partial charge < -0.3 is 10.0 Å². The summed E-state index contributed by atoms with van der Waals surface area (Å²) in [6, 6.07) is 0. The van der Waals surface area contributed by atoms with E-state index < -0.39 is 6.10 Å². The third-order valence-corrected chi connectivity index (χ3v) is 2.66. The van der Waals surface area contributed by atoms with Crippen LogP contribution in [-0.2, 0) is 4.79 Å². The third kappa shape index (κ3) is 5.78. The Morgan fingerprint density at radius 2 is 2.00 bits per heavy atom. The summed E-state index contributed by atoms with van der Waals surface area (Å²) in [5.41, 5.74) is 0. The first-order chi connectivity index (χ1) is 7.02. The van der Waals surface area contributed by atoms with Crippen LogP contribution < -0.4 is 0 Å². The van der Waals surface area contributed by atoms with Gasteiger partial charge in [-0.3, -0.25) is 4.79 Å². The van der Waals surface area contributed by atoms with Crippen LogP contribution in [0.15, 0.2) is 0 Å². The molecule has 0 aromatic heterocycles. The molecular weight excluding hydrogens is 190 g/mol. The predicted octanol–water partition coefficient (Wildman–Crippen LogP) is 2.04. The standard InChI is InChI=1S/C12H25NO2/c1-5-7-8-11(6-2)12(15)13(4)9-10(3)14/h10-11,14H,5-9H2,1-4H3. The molecule has 3 heteroatoms. The predicted molar refractivity (Wildman–Crippen MR) is 62.6 cm³/mol. The molecule has 0 aromatic rings. The van der Waals surface area contributed by atoms with Crippen LogP contribution in [0.4, 0.5) is 0 Å². The van der Waals surface area contributed by atoms with Crippen molar-refractivity contribution in [1.29, 1.82) is 0 Å². The smallest absolute Gasteiger partial charge is 0.225 e. The first-order valence-corrected chi connectivity index (χ1v) is 5.95. The van der Waals surface area contributed by atoms with Crippen molar-refractivity contribution in [2.75, 3.05) is 13.6 Å². The maximum atomic E-state index is 11.9. The highest BCUT2D eigenvalue weighted by Gasteiger charge is 2.20. The second-order valence-corrected chi connectivity index (χ2v) is 4.32. The molecule has 0 bridgehead atoms. The van der Waals surface area contributed by atoms with E-state index in [-0.39, 0.29) is 11.8 Å². The zero-order valence-corrected chi connectivity index (χ0v) is 10.5. The summed E-state index contributed by atoms with van der Waals surface area (Å²) in [7, 11) is 1.77. The Kier molecular flexibility index (Phi) is 7.39. The minimum Gasteiger partial charge on any atom is -0.392 e. The molecule has 90 valence electrons. The van der Waals surface area contributed by atoms with Gasteiger partial charge in [-0.05, 0) is 19.8 Å². The van der Waals surface area contributed by atoms with E-state index >= 15 is 0 Å². The number of unbranched alkanes of at least 4 members (excludes halogenated alkanes) is 1. The summed E-state index contributed by atoms with van der Waals surface area (Å²) >= 11 is 0. The molecular formula is C12H25NO2. The van der Waals surface area contributed by atoms with Crippen molar-refractivity contribution >= 4 is 5.91 Å². The second-order valence-electron chi connectivity index (χ2n) is 4.32. The van der Waals surface area contributed by atoms with E-state index in [1.54, 1.807) is 18.9 Å². The summed E-state index contributed by atoms with van der Waals surface area (Å²) < 4.78 is 0. The number of likely N-dealkylation sites (N-methyl/N-ethyl adjacent to an activating group) is 1. The van der Waals surface area contributed by atoms with E-state index in [0.717, 1.165) is 25.7 Å². The number of aliphatic hydroxyl groups is 1. The normalized spacial score (nSPS) is 14.7. The fraction of sp³-hybridized carbons (Fsp3) is 0.917. The van der Waals surface area contributed by atoms with Crippen LogP contribution in [0.5, 0.6) is 0 Å². The monoisotopic (exact) mass is 215 g/mol. The summed E-state index contributed by atoms with van der Waals surface area (Å²) in [5.74, 6) is 0.306. The molecule has 1 N–H and O–H groups in total. The van der Waals surface area contributed by atoms with Crippen molar-refractivity contribution < 1.29 is 9.90 Å². The molecule has 2 atom stereocenters. The van der Waals surface area contributed by atoms with E-state index in [1.807, 2.05) is 0 Å². The highest BCUT2D eigenvalue weighted by Crippen LogP contribution is 2.15. The number of aliphatic hydroxyl groups excluding tert-OH is 1. The van der Waals surface area contributed by atoms with Crippen molar-refractivity contribution in [2.45, 2.75) is 52.6 Å². The number of hydrogen-bond acceptors (Lipinski definition) is 2. The van der Waals surface area contributed by atoms with Gasteiger partial charge in [0.2, 0.25) is 5.91 Å². The minimum atomic E-state index is -0.442. The summed E-state index contributed by atoms with van der Waals surface area (Å²) in [6.45, 7) is 6.32. The Labute approximate surface area is 93.5 Å². The van der Waals surface area contributed by atoms with Crippen LogP contribution >= 0.6 is 0 Å². The molecule has 3 nitrogen and oxygen atoms in total. The van der Waals surface area contributed by atoms with Gasteiger partial charge in [-0.15, -0.1) is 0 Å². The second kappa shape index (κ2) is 7.69. The molecule has 2 unspecified atom stereocenters. The molecule has 0 spiro atoms. The lowest BCUT2D eigenvalue weighted by atomic mass is 9.98. The van der Waals surface area contributed by atoms with Crippen LogP contribution in [0, 0.1) is 5.92 Å². The van der Waals surface area contributed by atoms with Crippen LogP contribution in [0.1, 0.15) is 46.5 Å². The molecule has 0 rings (SSSR count). The zero-order chi connectivity index (χ0) is 11.8. The first kappa shape index (κ1) is 14.4. The van der Waals surface area contributed by atoms with Crippen molar-refractivity contribution in [2.24, 2.45) is 5.92 Å². The fourth-order valence-electron chi connectivity index (χ4n) is 1.75. The average Bonchev–Trinajstić information content (AvgIpc) is 2.17. The Balaban J connectivity index is 4.11. The highest BCUT2D eigenvalue weighted by molar-refractivity contribution is 5.78. The Bertz CT molecular complexity index is 180. The number of nitrogens with zero attached hydrogens (tertiary/aromatic N) is 1. The molecule has 0 aromatic carbocycles. The molecule has 0 aliphatic heterocycles. The Hall–Kier alpha value is -0.570. The van der Waals surface area contributed by atoms with Crippen LogP contribution in [0.3, 0.4) is 0 Å². The summed E-state index contributed by atoms with van der Waals surface area (Å²) in [4.78, 5) is 13.6. The Morgan fingerprint density at radius 1 is 1.40 bits per heavy atom. The largest absolute Gasteiger partial charge is 0.392 e. The number of amides is 1. The van der Waals surface area contributed by atoms with E-state index in [1.165, 1.54) is 0 Å². The number of hydrogen-bond donors (Lipinski definition) is 1. The molecule has 0 saturated heterocycles. The number of rotatable bonds is 7. The van der Waals surface area contributed by atoms with Gasteiger partial charge >= 0.3 is 0 Å². The average molecular weight is 215 g/mol. The molecule has 0 heterocycles. The summed E-state index contributed by atoms with van der Waals surface area (Å²) in [5, 5.41) is 9.21. The lowest BCUT2D eigenvalue weighted by Crippen LogP contribution is -2.37. The van der Waals surface area contributed by atoms with E-state index in [2.05, 4.69) is 13.8 Å². The van der Waals surface area contributed by atoms with E-state index in [4.69, 9.17) is 0 Å². The molecule has 15 heavy (non-hydrogen) atoms. The van der Waals surface area contributed by atoms with Gasteiger partial charge in [0.05, 0.1) is 6.10 Å². The van der Waals surface area contributed by atoms with E-state index in [9.17, 15) is 9.90 Å². The Morgan fingerprint density at radius 3 is 2.40 bits per heavy atom. The van der Waals surface area contributed by atoms with Crippen LogP contribution in [0.2, 0.25) is 0 Å². The van der Waals surface area contributed by atoms with Gasteiger partial charge in [0.25, 0.3) is 0 Å². The molecule has 0 aliphatic carbocycles. The van der Waals surface area contributed by atoms with Crippen molar-refractivity contribution in [3.63, 3.8) is 0 Å². The molecule has 0 aliphatic rings. The van der Waals surface area contributed by atoms with Gasteiger partial charge in [0, 0.05) is 19.5 Å². The molecule has 0 radical (unpaired) electrons. The first-order valence-electron chi connectivity index (χ1n) is 5.95. The fourth-order valence-corrected chi connectivity index (χ4v) is 1.75. The van der Waals surface area contributed by atoms with Gasteiger partial charge in [-0.1, -0.05) is 26.7 Å². The lowest BCUT2D eigenvalue weighted by molar-refractivity contribution is -0.135. The van der Waals surface area contributed by atoms with Gasteiger partial charge in [0.1, 0.15) is 0 Å². The molecule has 1 amide bonds. The number of carbonyl (C=O) groups is 1. The minimum absolute atomic E-state index is 0.133. The van der Waals surface area contributed by atoms with Gasteiger partial charge in [-0.25, -0.2) is 0 Å². The van der Waals surface area contributed by atoms with Crippen molar-refractivity contribution in [3.05, 3.63) is 0 Å². The highest BCUT2D eigenvalue weighted by atomic mass is 16.3. The SMILES string of the molecule is CCCCC(CC)C(=O)N(C)CC(C)O. The lowest BCUT2D eigenvalue weighted by Gasteiger charge is -2.24. The van der Waals surface area contributed by atoms with Crippen LogP contribution in [-0.4, -0.2) is 35.6 Å². The molecule has 0 saturated carbocycles. The summed E-state index contributed by atoms with van der Waals surface area (Å²) in [6.07, 6.45) is 3.65. The topological polar surface area (TPSA) is 40.5 Å². The van der Waals surface area contributed by atoms with E-state index in [0.29, 0.717) is 6.54 Å². The quantitative estimate of drug-likeness (QED) is 0.706. The maximum Gasteiger partial charge on any atom is 0.225 e. The number of carbonyl (C=O) groups excluding carboxylic acids is 1.